The summed E-state index contributed by atoms with van der Waals surface area (Å²) in [4.78, 5) is 18.8. The first-order valence-electron chi connectivity index (χ1n) is 9.81. The van der Waals surface area contributed by atoms with Crippen molar-refractivity contribution in [3.63, 3.8) is 0 Å². The first-order valence-corrected chi connectivity index (χ1v) is 10.6. The Morgan fingerprint density at radius 3 is 2.33 bits per heavy atom. The van der Waals surface area contributed by atoms with E-state index >= 15 is 0 Å². The standard InChI is InChI=1S/C22H21Cl2N3O3/c23-17-3-1-16(2-4-17)22-25-20(30-26-22)13-15-9-11-27(12-10-15)21(28)14-29-19-7-5-18(24)6-8-19/h1-8,15H,9-14H2. The molecule has 1 aliphatic heterocycles. The number of amides is 1. The third-order valence-electron chi connectivity index (χ3n) is 5.18. The Hall–Kier alpha value is -2.57. The van der Waals surface area contributed by atoms with Gasteiger partial charge in [-0.15, -0.1) is 0 Å². The molecule has 1 aromatic heterocycles. The highest BCUT2D eigenvalue weighted by Gasteiger charge is 2.25. The van der Waals surface area contributed by atoms with E-state index in [9.17, 15) is 4.79 Å². The van der Waals surface area contributed by atoms with E-state index in [2.05, 4.69) is 10.1 Å². The largest absolute Gasteiger partial charge is 0.484 e. The number of rotatable bonds is 6. The number of hydrogen-bond donors (Lipinski definition) is 0. The molecule has 4 rings (SSSR count). The quantitative estimate of drug-likeness (QED) is 0.539. The number of aromatic nitrogens is 2. The Labute approximate surface area is 184 Å². The van der Waals surface area contributed by atoms with Gasteiger partial charge in [-0.3, -0.25) is 4.79 Å². The number of nitrogens with zero attached hydrogens (tertiary/aromatic N) is 3. The molecule has 1 amide bonds. The number of benzene rings is 2. The monoisotopic (exact) mass is 445 g/mol. The molecule has 3 aromatic rings. The lowest BCUT2D eigenvalue weighted by atomic mass is 9.93. The maximum absolute atomic E-state index is 12.4. The van der Waals surface area contributed by atoms with Crippen molar-refractivity contribution in [2.75, 3.05) is 19.7 Å². The summed E-state index contributed by atoms with van der Waals surface area (Å²) in [7, 11) is 0. The minimum atomic E-state index is -0.00813. The van der Waals surface area contributed by atoms with Crippen molar-refractivity contribution >= 4 is 29.1 Å². The van der Waals surface area contributed by atoms with Gasteiger partial charge in [-0.25, -0.2) is 0 Å². The molecule has 0 radical (unpaired) electrons. The summed E-state index contributed by atoms with van der Waals surface area (Å²) in [5.41, 5.74) is 0.871. The van der Waals surface area contributed by atoms with E-state index in [1.165, 1.54) is 0 Å². The number of likely N-dealkylation sites (tertiary alicyclic amines) is 1. The van der Waals surface area contributed by atoms with Crippen LogP contribution in [0, 0.1) is 5.92 Å². The number of piperidine rings is 1. The van der Waals surface area contributed by atoms with Gasteiger partial charge in [-0.05, 0) is 67.3 Å². The number of ether oxygens (including phenoxy) is 1. The Morgan fingerprint density at radius 1 is 1.03 bits per heavy atom. The fourth-order valence-corrected chi connectivity index (χ4v) is 3.71. The van der Waals surface area contributed by atoms with E-state index in [4.69, 9.17) is 32.5 Å². The zero-order chi connectivity index (χ0) is 20.9. The molecule has 1 fully saturated rings. The van der Waals surface area contributed by atoms with Gasteiger partial charge in [-0.1, -0.05) is 28.4 Å². The summed E-state index contributed by atoms with van der Waals surface area (Å²) < 4.78 is 11.0. The summed E-state index contributed by atoms with van der Waals surface area (Å²) in [5.74, 6) is 2.22. The van der Waals surface area contributed by atoms with E-state index < -0.39 is 0 Å². The molecule has 2 aromatic carbocycles. The van der Waals surface area contributed by atoms with Crippen LogP contribution in [0.25, 0.3) is 11.4 Å². The lowest BCUT2D eigenvalue weighted by Gasteiger charge is -2.31. The second-order valence-electron chi connectivity index (χ2n) is 7.29. The first kappa shape index (κ1) is 20.7. The van der Waals surface area contributed by atoms with E-state index in [0.717, 1.165) is 18.4 Å². The van der Waals surface area contributed by atoms with Crippen LogP contribution in [0.5, 0.6) is 5.75 Å². The molecule has 6 nitrogen and oxygen atoms in total. The van der Waals surface area contributed by atoms with Crippen LogP contribution in [0.2, 0.25) is 10.0 Å². The number of carbonyl (C=O) groups excluding carboxylic acids is 1. The highest BCUT2D eigenvalue weighted by atomic mass is 35.5. The van der Waals surface area contributed by atoms with Crippen LogP contribution in [-0.4, -0.2) is 40.6 Å². The molecule has 30 heavy (non-hydrogen) atoms. The van der Waals surface area contributed by atoms with Gasteiger partial charge < -0.3 is 14.2 Å². The van der Waals surface area contributed by atoms with Gasteiger partial charge in [0.25, 0.3) is 5.91 Å². The lowest BCUT2D eigenvalue weighted by molar-refractivity contribution is -0.134. The maximum atomic E-state index is 12.4. The lowest BCUT2D eigenvalue weighted by Crippen LogP contribution is -2.41. The molecule has 0 bridgehead atoms. The molecular formula is C22H21Cl2N3O3. The number of halogens is 2. The van der Waals surface area contributed by atoms with Crippen LogP contribution in [0.3, 0.4) is 0 Å². The average molecular weight is 446 g/mol. The zero-order valence-electron chi connectivity index (χ0n) is 16.3. The summed E-state index contributed by atoms with van der Waals surface area (Å²) in [6.07, 6.45) is 2.50. The van der Waals surface area contributed by atoms with Crippen LogP contribution < -0.4 is 4.74 Å². The van der Waals surface area contributed by atoms with Crippen molar-refractivity contribution < 1.29 is 14.1 Å². The van der Waals surface area contributed by atoms with Gasteiger partial charge in [0.2, 0.25) is 11.7 Å². The number of hydrogen-bond acceptors (Lipinski definition) is 5. The maximum Gasteiger partial charge on any atom is 0.260 e. The first-order chi connectivity index (χ1) is 14.6. The highest BCUT2D eigenvalue weighted by Crippen LogP contribution is 2.24. The Morgan fingerprint density at radius 2 is 1.67 bits per heavy atom. The Balaban J connectivity index is 1.24. The van der Waals surface area contributed by atoms with Crippen molar-refractivity contribution in [3.8, 4) is 17.1 Å². The van der Waals surface area contributed by atoms with Crippen molar-refractivity contribution in [2.45, 2.75) is 19.3 Å². The number of carbonyl (C=O) groups is 1. The molecular weight excluding hydrogens is 425 g/mol. The molecule has 1 aliphatic rings. The van der Waals surface area contributed by atoms with Gasteiger partial charge in [0.05, 0.1) is 0 Å². The second-order valence-corrected chi connectivity index (χ2v) is 8.16. The predicted octanol–water partition coefficient (Wildman–Crippen LogP) is 4.90. The normalized spacial score (nSPS) is 14.7. The Kier molecular flexibility index (Phi) is 6.55. The van der Waals surface area contributed by atoms with Gasteiger partial charge in [0, 0.05) is 35.1 Å². The van der Waals surface area contributed by atoms with Gasteiger partial charge in [-0.2, -0.15) is 4.98 Å². The molecule has 0 atom stereocenters. The van der Waals surface area contributed by atoms with Gasteiger partial charge in [0.1, 0.15) is 5.75 Å². The molecule has 8 heteroatoms. The van der Waals surface area contributed by atoms with E-state index in [1.807, 2.05) is 17.0 Å². The Bertz CT molecular complexity index is 982. The minimum Gasteiger partial charge on any atom is -0.484 e. The van der Waals surface area contributed by atoms with Crippen LogP contribution in [0.4, 0.5) is 0 Å². The topological polar surface area (TPSA) is 68.5 Å². The summed E-state index contributed by atoms with van der Waals surface area (Å²) in [5, 5.41) is 5.37. The van der Waals surface area contributed by atoms with Gasteiger partial charge in [0.15, 0.2) is 6.61 Å². The molecule has 0 unspecified atom stereocenters. The third kappa shape index (κ3) is 5.32. The summed E-state index contributed by atoms with van der Waals surface area (Å²) in [6.45, 7) is 1.43. The fraction of sp³-hybridized carbons (Fsp3) is 0.318. The average Bonchev–Trinajstić information content (AvgIpc) is 3.22. The fourth-order valence-electron chi connectivity index (χ4n) is 3.45. The molecule has 0 spiro atoms. The predicted molar refractivity (Wildman–Crippen MR) is 115 cm³/mol. The molecule has 2 heterocycles. The molecule has 0 N–H and O–H groups in total. The van der Waals surface area contributed by atoms with Crippen LogP contribution in [0.1, 0.15) is 18.7 Å². The summed E-state index contributed by atoms with van der Waals surface area (Å²) in [6, 6.07) is 14.3. The molecule has 0 saturated carbocycles. The van der Waals surface area contributed by atoms with Crippen molar-refractivity contribution in [1.29, 1.82) is 0 Å². The van der Waals surface area contributed by atoms with E-state index in [-0.39, 0.29) is 12.5 Å². The van der Waals surface area contributed by atoms with Crippen molar-refractivity contribution in [2.24, 2.45) is 5.92 Å². The molecule has 1 saturated heterocycles. The third-order valence-corrected chi connectivity index (χ3v) is 5.68. The van der Waals surface area contributed by atoms with Crippen LogP contribution in [0.15, 0.2) is 53.1 Å². The van der Waals surface area contributed by atoms with Crippen LogP contribution in [-0.2, 0) is 11.2 Å². The molecule has 156 valence electrons. The van der Waals surface area contributed by atoms with Gasteiger partial charge >= 0.3 is 0 Å². The SMILES string of the molecule is O=C(COc1ccc(Cl)cc1)N1CCC(Cc2nc(-c3ccc(Cl)cc3)no2)CC1. The van der Waals surface area contributed by atoms with Crippen LogP contribution >= 0.6 is 23.2 Å². The van der Waals surface area contributed by atoms with E-state index in [1.54, 1.807) is 36.4 Å². The highest BCUT2D eigenvalue weighted by molar-refractivity contribution is 6.30. The van der Waals surface area contributed by atoms with E-state index in [0.29, 0.717) is 52.9 Å². The smallest absolute Gasteiger partial charge is 0.260 e. The van der Waals surface area contributed by atoms with Crippen molar-refractivity contribution in [3.05, 3.63) is 64.5 Å². The minimum absolute atomic E-state index is 0.00813. The second kappa shape index (κ2) is 9.49. The molecule has 0 aliphatic carbocycles. The van der Waals surface area contributed by atoms with Crippen molar-refractivity contribution in [1.82, 2.24) is 15.0 Å². The summed E-state index contributed by atoms with van der Waals surface area (Å²) >= 11 is 11.8. The zero-order valence-corrected chi connectivity index (χ0v) is 17.8.